The van der Waals surface area contributed by atoms with Crippen LogP contribution in [0.1, 0.15) is 26.2 Å². The Labute approximate surface area is 123 Å². The summed E-state index contributed by atoms with van der Waals surface area (Å²) in [6.45, 7) is 6.37. The van der Waals surface area contributed by atoms with Crippen molar-refractivity contribution >= 4 is 11.5 Å². The number of aromatic amines is 1. The van der Waals surface area contributed by atoms with Crippen LogP contribution >= 0.6 is 0 Å². The van der Waals surface area contributed by atoms with E-state index in [9.17, 15) is 4.79 Å². The Morgan fingerprint density at radius 3 is 2.95 bits per heavy atom. The second-order valence-electron chi connectivity index (χ2n) is 5.62. The van der Waals surface area contributed by atoms with Crippen molar-refractivity contribution in [2.75, 3.05) is 31.1 Å². The minimum absolute atomic E-state index is 0.287. The van der Waals surface area contributed by atoms with Crippen molar-refractivity contribution in [3.8, 4) is 0 Å². The molecule has 0 amide bonds. The number of H-pyrrole nitrogens is 1. The molecule has 1 aliphatic rings. The van der Waals surface area contributed by atoms with Crippen molar-refractivity contribution in [2.45, 2.75) is 26.2 Å². The van der Waals surface area contributed by atoms with Gasteiger partial charge in [0.25, 0.3) is 0 Å². The highest BCUT2D eigenvalue weighted by molar-refractivity contribution is 5.45. The van der Waals surface area contributed by atoms with Gasteiger partial charge in [-0.25, -0.2) is 9.89 Å². The van der Waals surface area contributed by atoms with Gasteiger partial charge in [-0.1, -0.05) is 6.92 Å². The summed E-state index contributed by atoms with van der Waals surface area (Å²) < 4.78 is 1.32. The molecule has 2 aromatic heterocycles. The van der Waals surface area contributed by atoms with Gasteiger partial charge in [-0.15, -0.1) is 5.10 Å². The van der Waals surface area contributed by atoms with Crippen molar-refractivity contribution in [1.29, 1.82) is 0 Å². The molecule has 1 fully saturated rings. The SMILES string of the molecule is CCCNCC1CCN(c2ccc3n[nH]c(=O)n3n2)CC1. The minimum atomic E-state index is -0.287. The van der Waals surface area contributed by atoms with Gasteiger partial charge in [-0.05, 0) is 50.4 Å². The topological polar surface area (TPSA) is 78.3 Å². The summed E-state index contributed by atoms with van der Waals surface area (Å²) in [4.78, 5) is 13.8. The Morgan fingerprint density at radius 1 is 1.38 bits per heavy atom. The zero-order chi connectivity index (χ0) is 14.7. The quantitative estimate of drug-likeness (QED) is 0.790. The summed E-state index contributed by atoms with van der Waals surface area (Å²) in [5, 5.41) is 14.2. The molecule has 0 spiro atoms. The molecule has 0 unspecified atom stereocenters. The zero-order valence-corrected chi connectivity index (χ0v) is 12.4. The number of hydrogen-bond donors (Lipinski definition) is 2. The summed E-state index contributed by atoms with van der Waals surface area (Å²) in [7, 11) is 0. The highest BCUT2D eigenvalue weighted by atomic mass is 16.2. The molecular weight excluding hydrogens is 268 g/mol. The maximum Gasteiger partial charge on any atom is 0.364 e. The highest BCUT2D eigenvalue weighted by Crippen LogP contribution is 2.21. The Hall–Kier alpha value is -1.89. The molecule has 3 heterocycles. The lowest BCUT2D eigenvalue weighted by atomic mass is 9.97. The van der Waals surface area contributed by atoms with Crippen LogP contribution in [0.15, 0.2) is 16.9 Å². The van der Waals surface area contributed by atoms with Crippen molar-refractivity contribution in [2.24, 2.45) is 5.92 Å². The number of nitrogens with zero attached hydrogens (tertiary/aromatic N) is 4. The van der Waals surface area contributed by atoms with Crippen LogP contribution in [0.3, 0.4) is 0 Å². The summed E-state index contributed by atoms with van der Waals surface area (Å²) in [5.74, 6) is 1.60. The van der Waals surface area contributed by atoms with Gasteiger partial charge >= 0.3 is 5.69 Å². The molecule has 0 radical (unpaired) electrons. The highest BCUT2D eigenvalue weighted by Gasteiger charge is 2.20. The van der Waals surface area contributed by atoms with Gasteiger partial charge in [-0.3, -0.25) is 0 Å². The fourth-order valence-electron chi connectivity index (χ4n) is 2.81. The fourth-order valence-corrected chi connectivity index (χ4v) is 2.81. The molecule has 2 N–H and O–H groups in total. The van der Waals surface area contributed by atoms with Crippen LogP contribution in [0.5, 0.6) is 0 Å². The molecule has 1 saturated heterocycles. The number of hydrogen-bond acceptors (Lipinski definition) is 5. The van der Waals surface area contributed by atoms with Crippen molar-refractivity contribution in [1.82, 2.24) is 25.1 Å². The third-order valence-electron chi connectivity index (χ3n) is 4.06. The molecule has 21 heavy (non-hydrogen) atoms. The Bertz CT molecular complexity index is 640. The van der Waals surface area contributed by atoms with E-state index in [1.165, 1.54) is 10.9 Å². The summed E-state index contributed by atoms with van der Waals surface area (Å²) >= 11 is 0. The fraction of sp³-hybridized carbons (Fsp3) is 0.643. The van der Waals surface area contributed by atoms with Gasteiger partial charge in [0.1, 0.15) is 5.82 Å². The van der Waals surface area contributed by atoms with Crippen LogP contribution < -0.4 is 15.9 Å². The van der Waals surface area contributed by atoms with Gasteiger partial charge < -0.3 is 10.2 Å². The zero-order valence-electron chi connectivity index (χ0n) is 12.4. The summed E-state index contributed by atoms with van der Waals surface area (Å²) in [6.07, 6.45) is 3.51. The van der Waals surface area contributed by atoms with Crippen molar-refractivity contribution < 1.29 is 0 Å². The number of aromatic nitrogens is 4. The van der Waals surface area contributed by atoms with Gasteiger partial charge in [0, 0.05) is 13.1 Å². The second-order valence-corrected chi connectivity index (χ2v) is 5.62. The molecule has 0 bridgehead atoms. The lowest BCUT2D eigenvalue weighted by Gasteiger charge is -2.32. The van der Waals surface area contributed by atoms with E-state index in [2.05, 4.69) is 32.4 Å². The van der Waals surface area contributed by atoms with Gasteiger partial charge in [0.05, 0.1) is 0 Å². The smallest absolute Gasteiger partial charge is 0.355 e. The van der Waals surface area contributed by atoms with Crippen LogP contribution in [-0.2, 0) is 0 Å². The van der Waals surface area contributed by atoms with Crippen LogP contribution in [0.4, 0.5) is 5.82 Å². The molecule has 7 heteroatoms. The van der Waals surface area contributed by atoms with Crippen LogP contribution in [0.25, 0.3) is 5.65 Å². The van der Waals surface area contributed by atoms with E-state index in [4.69, 9.17) is 0 Å². The Morgan fingerprint density at radius 2 is 2.19 bits per heavy atom. The molecule has 2 aromatic rings. The summed E-state index contributed by atoms with van der Waals surface area (Å²) in [5.41, 5.74) is 0.271. The third kappa shape index (κ3) is 3.07. The predicted octanol–water partition coefficient (Wildman–Crippen LogP) is 0.634. The Balaban J connectivity index is 1.62. The van der Waals surface area contributed by atoms with E-state index in [1.807, 2.05) is 12.1 Å². The van der Waals surface area contributed by atoms with Crippen LogP contribution in [0, 0.1) is 5.92 Å². The lowest BCUT2D eigenvalue weighted by Crippen LogP contribution is -2.38. The molecule has 0 atom stereocenters. The first-order valence-corrected chi connectivity index (χ1v) is 7.68. The number of piperidine rings is 1. The first-order valence-electron chi connectivity index (χ1n) is 7.68. The average molecular weight is 290 g/mol. The lowest BCUT2D eigenvalue weighted by molar-refractivity contribution is 0.382. The maximum absolute atomic E-state index is 11.6. The van der Waals surface area contributed by atoms with E-state index in [-0.39, 0.29) is 5.69 Å². The van der Waals surface area contributed by atoms with E-state index in [0.29, 0.717) is 5.65 Å². The van der Waals surface area contributed by atoms with Crippen molar-refractivity contribution in [3.05, 3.63) is 22.6 Å². The van der Waals surface area contributed by atoms with Gasteiger partial charge in [0.2, 0.25) is 0 Å². The minimum Gasteiger partial charge on any atom is -0.355 e. The Kier molecular flexibility index (Phi) is 4.19. The van der Waals surface area contributed by atoms with Crippen LogP contribution in [0.2, 0.25) is 0 Å². The molecule has 1 aliphatic heterocycles. The van der Waals surface area contributed by atoms with Crippen molar-refractivity contribution in [3.63, 3.8) is 0 Å². The number of nitrogens with one attached hydrogen (secondary N) is 2. The molecule has 3 rings (SSSR count). The second kappa shape index (κ2) is 6.26. The molecule has 114 valence electrons. The molecule has 0 aromatic carbocycles. The number of rotatable bonds is 5. The maximum atomic E-state index is 11.6. The van der Waals surface area contributed by atoms with E-state index >= 15 is 0 Å². The first kappa shape index (κ1) is 14.1. The van der Waals surface area contributed by atoms with Gasteiger partial charge in [-0.2, -0.15) is 9.61 Å². The third-order valence-corrected chi connectivity index (χ3v) is 4.06. The van der Waals surface area contributed by atoms with E-state index in [1.54, 1.807) is 0 Å². The molecule has 0 saturated carbocycles. The molecular formula is C14H22N6O. The predicted molar refractivity (Wildman–Crippen MR) is 81.7 cm³/mol. The normalized spacial score (nSPS) is 16.7. The van der Waals surface area contributed by atoms with Crippen LogP contribution in [-0.4, -0.2) is 46.0 Å². The van der Waals surface area contributed by atoms with E-state index in [0.717, 1.165) is 50.8 Å². The number of fused-ring (bicyclic) bond motifs is 1. The van der Waals surface area contributed by atoms with Gasteiger partial charge in [0.15, 0.2) is 5.65 Å². The molecule has 0 aliphatic carbocycles. The monoisotopic (exact) mass is 290 g/mol. The average Bonchev–Trinajstić information content (AvgIpc) is 2.89. The molecule has 7 nitrogen and oxygen atoms in total. The number of anilines is 1. The largest absolute Gasteiger partial charge is 0.364 e. The van der Waals surface area contributed by atoms with E-state index < -0.39 is 0 Å². The first-order chi connectivity index (χ1) is 10.3. The standard InChI is InChI=1S/C14H22N6O/c1-2-7-15-10-11-5-8-19(9-6-11)13-4-3-12-16-17-14(21)20(12)18-13/h3-4,11,15H,2,5-10H2,1H3,(H,17,21). The summed E-state index contributed by atoms with van der Waals surface area (Å²) in [6, 6.07) is 3.76.